The molecule has 0 spiro atoms. The quantitative estimate of drug-likeness (QED) is 0.533. The predicted octanol–water partition coefficient (Wildman–Crippen LogP) is 3.99. The van der Waals surface area contributed by atoms with Gasteiger partial charge in [0, 0.05) is 5.30 Å². The molecule has 1 aromatic rings. The average molecular weight is 254 g/mol. The van der Waals surface area contributed by atoms with Gasteiger partial charge in [-0.25, -0.2) is 0 Å². The van der Waals surface area contributed by atoms with Gasteiger partial charge in [-0.05, 0) is 18.6 Å². The van der Waals surface area contributed by atoms with Crippen LogP contribution in [-0.2, 0) is 4.52 Å². The summed E-state index contributed by atoms with van der Waals surface area (Å²) in [4.78, 5) is 9.80. The SMILES string of the molecule is CCCCCCCCOP(O)c1ccccc1. The number of unbranched alkanes of at least 4 members (excludes halogenated alkanes) is 5. The Hall–Kier alpha value is -0.430. The molecule has 1 N–H and O–H groups in total. The highest BCUT2D eigenvalue weighted by Crippen LogP contribution is 2.30. The minimum absolute atomic E-state index is 0.670. The Kier molecular flexibility index (Phi) is 8.25. The van der Waals surface area contributed by atoms with Crippen LogP contribution < -0.4 is 5.30 Å². The molecule has 0 amide bonds. The fourth-order valence-electron chi connectivity index (χ4n) is 1.66. The first-order valence-electron chi connectivity index (χ1n) is 6.51. The Morgan fingerprint density at radius 2 is 1.65 bits per heavy atom. The standard InChI is InChI=1S/C14H23O2P/c1-2-3-4-5-6-10-13-16-17(15)14-11-8-7-9-12-14/h7-9,11-12,15H,2-6,10,13H2,1H3. The van der Waals surface area contributed by atoms with E-state index in [0.29, 0.717) is 6.61 Å². The molecule has 96 valence electrons. The van der Waals surface area contributed by atoms with E-state index in [1.54, 1.807) is 0 Å². The molecule has 17 heavy (non-hydrogen) atoms. The fraction of sp³-hybridized carbons (Fsp3) is 0.571. The van der Waals surface area contributed by atoms with Crippen molar-refractivity contribution in [1.82, 2.24) is 0 Å². The van der Waals surface area contributed by atoms with E-state index >= 15 is 0 Å². The summed E-state index contributed by atoms with van der Waals surface area (Å²) in [6.45, 7) is 2.89. The number of rotatable bonds is 9. The van der Waals surface area contributed by atoms with Gasteiger partial charge in [-0.3, -0.25) is 0 Å². The molecule has 0 aliphatic rings. The number of hydrogen-bond acceptors (Lipinski definition) is 2. The van der Waals surface area contributed by atoms with Gasteiger partial charge in [0.25, 0.3) is 0 Å². The zero-order chi connectivity index (χ0) is 12.3. The molecule has 0 aliphatic carbocycles. The van der Waals surface area contributed by atoms with Crippen molar-refractivity contribution in [3.05, 3.63) is 30.3 Å². The number of hydrogen-bond donors (Lipinski definition) is 1. The van der Waals surface area contributed by atoms with Gasteiger partial charge in [-0.2, -0.15) is 0 Å². The third-order valence-electron chi connectivity index (χ3n) is 2.69. The lowest BCUT2D eigenvalue weighted by Gasteiger charge is -2.10. The molecular weight excluding hydrogens is 231 g/mol. The second kappa shape index (κ2) is 9.58. The van der Waals surface area contributed by atoms with Crippen molar-refractivity contribution in [3.8, 4) is 0 Å². The van der Waals surface area contributed by atoms with Gasteiger partial charge in [-0.1, -0.05) is 57.2 Å². The maximum absolute atomic E-state index is 9.80. The molecule has 1 atom stereocenters. The molecule has 0 radical (unpaired) electrons. The fourth-order valence-corrected chi connectivity index (χ4v) is 2.54. The van der Waals surface area contributed by atoms with Crippen molar-refractivity contribution < 1.29 is 9.42 Å². The molecule has 3 heteroatoms. The average Bonchev–Trinajstić information content (AvgIpc) is 2.38. The summed E-state index contributed by atoms with van der Waals surface area (Å²) in [7, 11) is -1.40. The molecule has 0 fully saturated rings. The molecule has 0 aliphatic heterocycles. The highest BCUT2D eigenvalue weighted by Gasteiger charge is 2.07. The minimum Gasteiger partial charge on any atom is -0.346 e. The van der Waals surface area contributed by atoms with Crippen LogP contribution in [0.1, 0.15) is 45.4 Å². The smallest absolute Gasteiger partial charge is 0.202 e. The Morgan fingerprint density at radius 1 is 1.00 bits per heavy atom. The van der Waals surface area contributed by atoms with Gasteiger partial charge in [0.1, 0.15) is 0 Å². The van der Waals surface area contributed by atoms with Gasteiger partial charge < -0.3 is 9.42 Å². The molecular formula is C14H23O2P. The first-order chi connectivity index (χ1) is 8.34. The lowest BCUT2D eigenvalue weighted by atomic mass is 10.1. The summed E-state index contributed by atoms with van der Waals surface area (Å²) in [5.41, 5.74) is 0. The Balaban J connectivity index is 2.03. The van der Waals surface area contributed by atoms with Crippen LogP contribution in [0.3, 0.4) is 0 Å². The van der Waals surface area contributed by atoms with Gasteiger partial charge in [-0.15, -0.1) is 0 Å². The summed E-state index contributed by atoms with van der Waals surface area (Å²) >= 11 is 0. The van der Waals surface area contributed by atoms with Crippen LogP contribution >= 0.6 is 8.38 Å². The van der Waals surface area contributed by atoms with E-state index < -0.39 is 8.38 Å². The summed E-state index contributed by atoms with van der Waals surface area (Å²) in [5, 5.41) is 0.897. The molecule has 1 aromatic carbocycles. The molecule has 1 unspecified atom stereocenters. The van der Waals surface area contributed by atoms with Crippen LogP contribution in [0.2, 0.25) is 0 Å². The van der Waals surface area contributed by atoms with E-state index in [0.717, 1.165) is 11.7 Å². The van der Waals surface area contributed by atoms with Crippen molar-refractivity contribution in [1.29, 1.82) is 0 Å². The Labute approximate surface area is 106 Å². The normalized spacial score (nSPS) is 12.6. The van der Waals surface area contributed by atoms with Crippen molar-refractivity contribution in [2.45, 2.75) is 45.4 Å². The third kappa shape index (κ3) is 6.78. The topological polar surface area (TPSA) is 29.5 Å². The van der Waals surface area contributed by atoms with Crippen molar-refractivity contribution in [3.63, 3.8) is 0 Å². The Bertz CT molecular complexity index is 277. The molecule has 0 saturated carbocycles. The van der Waals surface area contributed by atoms with E-state index in [1.807, 2.05) is 30.3 Å². The van der Waals surface area contributed by atoms with Crippen LogP contribution in [0.4, 0.5) is 0 Å². The Morgan fingerprint density at radius 3 is 2.35 bits per heavy atom. The van der Waals surface area contributed by atoms with Crippen LogP contribution in [0.25, 0.3) is 0 Å². The molecule has 0 bridgehead atoms. The van der Waals surface area contributed by atoms with E-state index in [-0.39, 0.29) is 0 Å². The lowest BCUT2D eigenvalue weighted by Crippen LogP contribution is -2.02. The van der Waals surface area contributed by atoms with Crippen LogP contribution in [-0.4, -0.2) is 11.5 Å². The summed E-state index contributed by atoms with van der Waals surface area (Å²) in [6.07, 6.45) is 7.48. The van der Waals surface area contributed by atoms with Crippen LogP contribution in [0, 0.1) is 0 Å². The van der Waals surface area contributed by atoms with Crippen molar-refractivity contribution in [2.24, 2.45) is 0 Å². The van der Waals surface area contributed by atoms with Gasteiger partial charge in [0.05, 0.1) is 6.61 Å². The highest BCUT2D eigenvalue weighted by molar-refractivity contribution is 7.55. The minimum atomic E-state index is -1.40. The zero-order valence-corrected chi connectivity index (χ0v) is 11.5. The van der Waals surface area contributed by atoms with Gasteiger partial charge in [0.15, 0.2) is 0 Å². The molecule has 1 rings (SSSR count). The summed E-state index contributed by atoms with van der Waals surface area (Å²) in [6, 6.07) is 9.62. The van der Waals surface area contributed by atoms with Crippen molar-refractivity contribution >= 4 is 13.7 Å². The summed E-state index contributed by atoms with van der Waals surface area (Å²) in [5.74, 6) is 0. The molecule has 0 saturated heterocycles. The molecule has 2 nitrogen and oxygen atoms in total. The predicted molar refractivity (Wildman–Crippen MR) is 74.5 cm³/mol. The second-order valence-corrected chi connectivity index (χ2v) is 5.53. The van der Waals surface area contributed by atoms with E-state index in [2.05, 4.69) is 6.92 Å². The summed E-state index contributed by atoms with van der Waals surface area (Å²) < 4.78 is 5.45. The monoisotopic (exact) mass is 254 g/mol. The first-order valence-corrected chi connectivity index (χ1v) is 7.73. The van der Waals surface area contributed by atoms with E-state index in [4.69, 9.17) is 4.52 Å². The van der Waals surface area contributed by atoms with Crippen LogP contribution in [0.5, 0.6) is 0 Å². The molecule has 0 aromatic heterocycles. The zero-order valence-electron chi connectivity index (χ0n) is 10.6. The van der Waals surface area contributed by atoms with Gasteiger partial charge >= 0.3 is 0 Å². The second-order valence-electron chi connectivity index (χ2n) is 4.21. The maximum Gasteiger partial charge on any atom is 0.202 e. The van der Waals surface area contributed by atoms with Crippen LogP contribution in [0.15, 0.2) is 30.3 Å². The van der Waals surface area contributed by atoms with E-state index in [9.17, 15) is 4.89 Å². The lowest BCUT2D eigenvalue weighted by molar-refractivity contribution is 0.305. The highest BCUT2D eigenvalue weighted by atomic mass is 31.2. The third-order valence-corrected chi connectivity index (χ3v) is 3.86. The number of benzene rings is 1. The first kappa shape index (κ1) is 14.6. The largest absolute Gasteiger partial charge is 0.346 e. The van der Waals surface area contributed by atoms with E-state index in [1.165, 1.54) is 32.1 Å². The van der Waals surface area contributed by atoms with Crippen molar-refractivity contribution in [2.75, 3.05) is 6.61 Å². The van der Waals surface area contributed by atoms with Gasteiger partial charge in [0.2, 0.25) is 8.38 Å². The maximum atomic E-state index is 9.80. The molecule has 0 heterocycles.